The molecule has 0 aromatic carbocycles. The molecule has 6 nitrogen and oxygen atoms in total. The number of rotatable bonds is 14. The Hall–Kier alpha value is 0.974. The van der Waals surface area contributed by atoms with E-state index in [1.54, 1.807) is 39.8 Å². The van der Waals surface area contributed by atoms with E-state index in [1.807, 2.05) is 13.3 Å². The molecule has 24 heavy (non-hydrogen) atoms. The number of hydrogen-bond donors (Lipinski definition) is 1. The molecule has 0 aliphatic heterocycles. The third-order valence-electron chi connectivity index (χ3n) is 3.92. The summed E-state index contributed by atoms with van der Waals surface area (Å²) in [7, 11) is 3.57. The second kappa shape index (κ2) is 11.6. The molecule has 0 aromatic rings. The zero-order valence-electron chi connectivity index (χ0n) is 16.5. The van der Waals surface area contributed by atoms with Gasteiger partial charge >= 0.3 is 155 Å². The Kier molecular flexibility index (Phi) is 12.1. The summed E-state index contributed by atoms with van der Waals surface area (Å²) in [5, 5.41) is 0. The summed E-state index contributed by atoms with van der Waals surface area (Å²) in [5.41, 5.74) is 0.738. The maximum atomic E-state index is 10.9. The quantitative estimate of drug-likeness (QED) is 0.342. The SMILES string of the molecule is CO[SiH](OC)C(C)CCOP(C)(C)(O)SCCC(C)[SiH](OC)OC. The van der Waals surface area contributed by atoms with E-state index < -0.39 is 24.8 Å². The Morgan fingerprint density at radius 2 is 1.29 bits per heavy atom. The maximum absolute atomic E-state index is 10.9. The first-order chi connectivity index (χ1) is 11.1. The topological polar surface area (TPSA) is 66.4 Å². The van der Waals surface area contributed by atoms with Gasteiger partial charge in [0.25, 0.3) is 0 Å². The van der Waals surface area contributed by atoms with Crippen LogP contribution in [-0.4, -0.2) is 77.6 Å². The van der Waals surface area contributed by atoms with Gasteiger partial charge in [-0.1, -0.05) is 0 Å². The Bertz CT molecular complexity index is 309. The Balaban J connectivity index is 4.27. The number of hydrogen-bond acceptors (Lipinski definition) is 7. The van der Waals surface area contributed by atoms with Crippen molar-refractivity contribution < 1.29 is 27.1 Å². The van der Waals surface area contributed by atoms with Gasteiger partial charge in [0.2, 0.25) is 0 Å². The molecule has 0 radical (unpaired) electrons. The van der Waals surface area contributed by atoms with E-state index in [0.29, 0.717) is 17.7 Å². The van der Waals surface area contributed by atoms with Crippen LogP contribution in [0.5, 0.6) is 0 Å². The van der Waals surface area contributed by atoms with E-state index in [2.05, 4.69) is 13.8 Å². The van der Waals surface area contributed by atoms with Gasteiger partial charge in [0, 0.05) is 0 Å². The van der Waals surface area contributed by atoms with Gasteiger partial charge in [0.05, 0.1) is 0 Å². The molecule has 10 heteroatoms. The molecule has 2 atom stereocenters. The summed E-state index contributed by atoms with van der Waals surface area (Å²) < 4.78 is 27.5. The second-order valence-electron chi connectivity index (χ2n) is 6.69. The van der Waals surface area contributed by atoms with Crippen molar-refractivity contribution in [1.82, 2.24) is 0 Å². The fraction of sp³-hybridized carbons (Fsp3) is 1.00. The fourth-order valence-electron chi connectivity index (χ4n) is 2.43. The van der Waals surface area contributed by atoms with Crippen LogP contribution in [0.4, 0.5) is 0 Å². The predicted octanol–water partition coefficient (Wildman–Crippen LogP) is 2.87. The molecule has 0 rings (SSSR count). The molecule has 0 heterocycles. The van der Waals surface area contributed by atoms with E-state index in [4.69, 9.17) is 22.2 Å². The minimum atomic E-state index is -3.14. The van der Waals surface area contributed by atoms with Crippen LogP contribution in [0.25, 0.3) is 0 Å². The van der Waals surface area contributed by atoms with Gasteiger partial charge in [-0.3, -0.25) is 0 Å². The van der Waals surface area contributed by atoms with Crippen molar-refractivity contribution in [3.8, 4) is 0 Å². The zero-order chi connectivity index (χ0) is 18.8. The third-order valence-corrected chi connectivity index (χ3v) is 13.5. The molecule has 2 unspecified atom stereocenters. The summed E-state index contributed by atoms with van der Waals surface area (Å²) in [5.74, 6) is 0.835. The van der Waals surface area contributed by atoms with Crippen LogP contribution in [0.1, 0.15) is 26.7 Å². The van der Waals surface area contributed by atoms with Crippen molar-refractivity contribution in [2.24, 2.45) is 0 Å². The molecule has 0 aromatic heterocycles. The average molecular weight is 421 g/mol. The van der Waals surface area contributed by atoms with Crippen molar-refractivity contribution in [3.05, 3.63) is 0 Å². The van der Waals surface area contributed by atoms with Gasteiger partial charge in [-0.15, -0.1) is 0 Å². The molecule has 1 N–H and O–H groups in total. The first-order valence-electron chi connectivity index (χ1n) is 8.25. The van der Waals surface area contributed by atoms with Crippen LogP contribution >= 0.6 is 17.6 Å². The molecule has 0 saturated carbocycles. The van der Waals surface area contributed by atoms with Gasteiger partial charge in [-0.25, -0.2) is 0 Å². The molecule has 0 bridgehead atoms. The molecular weight excluding hydrogens is 383 g/mol. The average Bonchev–Trinajstić information content (AvgIpc) is 2.48. The third kappa shape index (κ3) is 10.2. The minimum absolute atomic E-state index is 0.340. The molecule has 0 aliphatic carbocycles. The van der Waals surface area contributed by atoms with E-state index in [9.17, 15) is 4.89 Å². The zero-order valence-corrected chi connectivity index (χ0v) is 20.5. The van der Waals surface area contributed by atoms with E-state index in [0.717, 1.165) is 18.6 Å². The van der Waals surface area contributed by atoms with Gasteiger partial charge in [0.1, 0.15) is 0 Å². The summed E-state index contributed by atoms with van der Waals surface area (Å²) in [4.78, 5) is 10.9. The summed E-state index contributed by atoms with van der Waals surface area (Å²) in [6, 6.07) is 0. The fourth-order valence-corrected chi connectivity index (χ4v) is 9.79. The molecule has 0 aliphatic rings. The van der Waals surface area contributed by atoms with Crippen LogP contribution in [0.2, 0.25) is 11.1 Å². The Morgan fingerprint density at radius 1 is 0.875 bits per heavy atom. The predicted molar refractivity (Wildman–Crippen MR) is 110 cm³/mol. The summed E-state index contributed by atoms with van der Waals surface area (Å²) in [6.45, 7) is 8.46. The normalized spacial score (nSPS) is 17.0. The van der Waals surface area contributed by atoms with Crippen molar-refractivity contribution in [3.63, 3.8) is 0 Å². The van der Waals surface area contributed by atoms with Crippen LogP contribution in [0.3, 0.4) is 0 Å². The van der Waals surface area contributed by atoms with Crippen LogP contribution in [0, 0.1) is 0 Å². The summed E-state index contributed by atoms with van der Waals surface area (Å²) >= 11 is 1.54. The Morgan fingerprint density at radius 3 is 1.71 bits per heavy atom. The van der Waals surface area contributed by atoms with Crippen LogP contribution in [0.15, 0.2) is 0 Å². The van der Waals surface area contributed by atoms with Gasteiger partial charge in [0.15, 0.2) is 0 Å². The van der Waals surface area contributed by atoms with E-state index >= 15 is 0 Å². The molecule has 0 saturated heterocycles. The van der Waals surface area contributed by atoms with Crippen molar-refractivity contribution in [2.75, 3.05) is 54.1 Å². The second-order valence-corrected chi connectivity index (χ2v) is 20.8. The van der Waals surface area contributed by atoms with Crippen molar-refractivity contribution in [1.29, 1.82) is 0 Å². The standard InChI is InChI=1S/C14H37O6PSSi2/c1-13(23(16-3)17-4)9-11-20-21(7,8,15)22-12-10-14(2)24(18-5)19-6/h13-15,23-24H,9-12H2,1-8H3. The molecule has 0 amide bonds. The molecule has 0 fully saturated rings. The monoisotopic (exact) mass is 420 g/mol. The van der Waals surface area contributed by atoms with Crippen LogP contribution in [-0.2, 0) is 22.2 Å². The van der Waals surface area contributed by atoms with Crippen molar-refractivity contribution >= 4 is 36.2 Å². The van der Waals surface area contributed by atoms with E-state index in [-0.39, 0.29) is 0 Å². The van der Waals surface area contributed by atoms with Crippen LogP contribution < -0.4 is 0 Å². The first-order valence-corrected chi connectivity index (χ1v) is 16.1. The molecule has 0 spiro atoms. The van der Waals surface area contributed by atoms with Gasteiger partial charge in [-0.2, -0.15) is 0 Å². The molecule has 148 valence electrons. The van der Waals surface area contributed by atoms with Gasteiger partial charge in [-0.05, 0) is 0 Å². The molecular formula is C14H37O6PSSi2. The van der Waals surface area contributed by atoms with Gasteiger partial charge < -0.3 is 0 Å². The Labute approximate surface area is 155 Å². The van der Waals surface area contributed by atoms with E-state index in [1.165, 1.54) is 0 Å². The van der Waals surface area contributed by atoms with Crippen molar-refractivity contribution in [2.45, 2.75) is 37.8 Å². The summed E-state index contributed by atoms with van der Waals surface area (Å²) in [6.07, 6.45) is -1.35. The first kappa shape index (κ1) is 25.0.